The standard InChI is InChI=1S/C12H15NO3/c1-9(14)12(2,3)16-11(15)13-10-7-5-4-6-8-10/h4-8H,1-3H3,(H,13,15). The van der Waals surface area contributed by atoms with Crippen LogP contribution in [0.15, 0.2) is 30.3 Å². The van der Waals surface area contributed by atoms with E-state index in [4.69, 9.17) is 4.74 Å². The SMILES string of the molecule is CC(=O)C(C)(C)OC(=O)Nc1ccccc1. The second kappa shape index (κ2) is 4.79. The summed E-state index contributed by atoms with van der Waals surface area (Å²) >= 11 is 0. The predicted octanol–water partition coefficient (Wildman–Crippen LogP) is 2.60. The van der Waals surface area contributed by atoms with Gasteiger partial charge in [0.05, 0.1) is 0 Å². The van der Waals surface area contributed by atoms with Crippen molar-refractivity contribution in [3.8, 4) is 0 Å². The topological polar surface area (TPSA) is 55.4 Å². The molecule has 16 heavy (non-hydrogen) atoms. The predicted molar refractivity (Wildman–Crippen MR) is 61.3 cm³/mol. The molecule has 86 valence electrons. The van der Waals surface area contributed by atoms with Gasteiger partial charge in [0.2, 0.25) is 0 Å². The summed E-state index contributed by atoms with van der Waals surface area (Å²) in [6.07, 6.45) is -0.633. The summed E-state index contributed by atoms with van der Waals surface area (Å²) < 4.78 is 5.00. The van der Waals surface area contributed by atoms with Gasteiger partial charge < -0.3 is 4.74 Å². The molecule has 1 amide bonds. The largest absolute Gasteiger partial charge is 0.435 e. The molecule has 0 aromatic heterocycles. The molecule has 0 radical (unpaired) electrons. The van der Waals surface area contributed by atoms with Gasteiger partial charge in [0.15, 0.2) is 11.4 Å². The molecule has 0 saturated carbocycles. The minimum absolute atomic E-state index is 0.198. The molecule has 1 N–H and O–H groups in total. The van der Waals surface area contributed by atoms with Crippen molar-refractivity contribution < 1.29 is 14.3 Å². The molecule has 0 spiro atoms. The van der Waals surface area contributed by atoms with E-state index in [2.05, 4.69) is 5.32 Å². The van der Waals surface area contributed by atoms with E-state index < -0.39 is 11.7 Å². The molecular weight excluding hydrogens is 206 g/mol. The summed E-state index contributed by atoms with van der Waals surface area (Å²) in [6, 6.07) is 8.91. The third kappa shape index (κ3) is 3.38. The summed E-state index contributed by atoms with van der Waals surface area (Å²) in [5.41, 5.74) is -0.467. The highest BCUT2D eigenvalue weighted by atomic mass is 16.6. The Balaban J connectivity index is 2.58. The highest BCUT2D eigenvalue weighted by molar-refractivity contribution is 5.90. The van der Waals surface area contributed by atoms with Gasteiger partial charge in [0.1, 0.15) is 0 Å². The summed E-state index contributed by atoms with van der Waals surface area (Å²) in [5, 5.41) is 2.54. The van der Waals surface area contributed by atoms with Crippen LogP contribution >= 0.6 is 0 Å². The second-order valence-corrected chi connectivity index (χ2v) is 3.95. The van der Waals surface area contributed by atoms with E-state index in [0.29, 0.717) is 5.69 Å². The van der Waals surface area contributed by atoms with Gasteiger partial charge in [-0.2, -0.15) is 0 Å². The van der Waals surface area contributed by atoms with E-state index >= 15 is 0 Å². The number of amides is 1. The van der Waals surface area contributed by atoms with Crippen LogP contribution in [0.25, 0.3) is 0 Å². The smallest absolute Gasteiger partial charge is 0.412 e. The van der Waals surface area contributed by atoms with E-state index in [9.17, 15) is 9.59 Å². The van der Waals surface area contributed by atoms with E-state index in [1.807, 2.05) is 6.07 Å². The van der Waals surface area contributed by atoms with E-state index in [-0.39, 0.29) is 5.78 Å². The molecule has 1 aromatic rings. The van der Waals surface area contributed by atoms with Crippen molar-refractivity contribution in [3.05, 3.63) is 30.3 Å². The zero-order chi connectivity index (χ0) is 12.2. The number of Topliss-reactive ketones (excluding diaryl/α,β-unsaturated/α-hetero) is 1. The van der Waals surface area contributed by atoms with Gasteiger partial charge in [-0.1, -0.05) is 18.2 Å². The van der Waals surface area contributed by atoms with Crippen molar-refractivity contribution in [1.82, 2.24) is 0 Å². The number of hydrogen-bond donors (Lipinski definition) is 1. The number of rotatable bonds is 3. The minimum atomic E-state index is -1.10. The maximum Gasteiger partial charge on any atom is 0.412 e. The molecule has 0 aliphatic heterocycles. The number of ether oxygens (including phenoxy) is 1. The van der Waals surface area contributed by atoms with Gasteiger partial charge in [0, 0.05) is 5.69 Å². The normalized spacial score (nSPS) is 10.7. The fourth-order valence-corrected chi connectivity index (χ4v) is 0.968. The maximum absolute atomic E-state index is 11.4. The average Bonchev–Trinajstić information content (AvgIpc) is 2.17. The van der Waals surface area contributed by atoms with Gasteiger partial charge in [-0.3, -0.25) is 10.1 Å². The average molecular weight is 221 g/mol. The van der Waals surface area contributed by atoms with Crippen molar-refractivity contribution in [3.63, 3.8) is 0 Å². The van der Waals surface area contributed by atoms with Gasteiger partial charge >= 0.3 is 6.09 Å². The van der Waals surface area contributed by atoms with Crippen LogP contribution in [0.1, 0.15) is 20.8 Å². The molecule has 0 fully saturated rings. The van der Waals surface area contributed by atoms with Crippen LogP contribution in [-0.2, 0) is 9.53 Å². The summed E-state index contributed by atoms with van der Waals surface area (Å²) in [7, 11) is 0. The summed E-state index contributed by atoms with van der Waals surface area (Å²) in [4.78, 5) is 22.6. The zero-order valence-electron chi connectivity index (χ0n) is 9.61. The van der Waals surface area contributed by atoms with Crippen LogP contribution < -0.4 is 5.32 Å². The van der Waals surface area contributed by atoms with Gasteiger partial charge in [-0.15, -0.1) is 0 Å². The molecule has 4 nitrogen and oxygen atoms in total. The number of anilines is 1. The van der Waals surface area contributed by atoms with E-state index in [1.54, 1.807) is 38.1 Å². The van der Waals surface area contributed by atoms with Crippen LogP contribution in [0.2, 0.25) is 0 Å². The lowest BCUT2D eigenvalue weighted by Gasteiger charge is -2.21. The molecule has 0 unspecified atom stereocenters. The molecule has 0 aliphatic carbocycles. The zero-order valence-corrected chi connectivity index (χ0v) is 9.61. The van der Waals surface area contributed by atoms with Crippen molar-refractivity contribution in [1.29, 1.82) is 0 Å². The minimum Gasteiger partial charge on any atom is -0.435 e. The molecule has 1 rings (SSSR count). The quantitative estimate of drug-likeness (QED) is 0.853. The first kappa shape index (κ1) is 12.2. The number of carbonyl (C=O) groups excluding carboxylic acids is 2. The van der Waals surface area contributed by atoms with E-state index in [0.717, 1.165) is 0 Å². The lowest BCUT2D eigenvalue weighted by molar-refractivity contribution is -0.131. The first-order valence-corrected chi connectivity index (χ1v) is 4.98. The maximum atomic E-state index is 11.4. The first-order valence-electron chi connectivity index (χ1n) is 4.98. The lowest BCUT2D eigenvalue weighted by atomic mass is 10.1. The summed E-state index contributed by atoms with van der Waals surface area (Å²) in [5.74, 6) is -0.198. The Labute approximate surface area is 94.6 Å². The van der Waals surface area contributed by atoms with Crippen LogP contribution in [0.3, 0.4) is 0 Å². The molecule has 0 bridgehead atoms. The Kier molecular flexibility index (Phi) is 3.66. The van der Waals surface area contributed by atoms with Crippen LogP contribution in [0.5, 0.6) is 0 Å². The molecule has 0 atom stereocenters. The monoisotopic (exact) mass is 221 g/mol. The fraction of sp³-hybridized carbons (Fsp3) is 0.333. The highest BCUT2D eigenvalue weighted by Crippen LogP contribution is 2.13. The lowest BCUT2D eigenvalue weighted by Crippen LogP contribution is -2.37. The molecule has 0 aliphatic rings. The molecule has 0 saturated heterocycles. The van der Waals surface area contributed by atoms with E-state index in [1.165, 1.54) is 6.92 Å². The van der Waals surface area contributed by atoms with Crippen molar-refractivity contribution in [2.24, 2.45) is 0 Å². The third-order valence-electron chi connectivity index (χ3n) is 2.22. The van der Waals surface area contributed by atoms with Crippen molar-refractivity contribution in [2.45, 2.75) is 26.4 Å². The Hall–Kier alpha value is -1.84. The molecule has 4 heteroatoms. The van der Waals surface area contributed by atoms with Gasteiger partial charge in [-0.05, 0) is 32.9 Å². The van der Waals surface area contributed by atoms with Gasteiger partial charge in [0.25, 0.3) is 0 Å². The number of nitrogens with one attached hydrogen (secondary N) is 1. The number of carbonyl (C=O) groups is 2. The molecule has 1 aromatic carbocycles. The van der Waals surface area contributed by atoms with Crippen molar-refractivity contribution in [2.75, 3.05) is 5.32 Å². The molecule has 0 heterocycles. The fourth-order valence-electron chi connectivity index (χ4n) is 0.968. The van der Waals surface area contributed by atoms with Crippen molar-refractivity contribution >= 4 is 17.6 Å². The van der Waals surface area contributed by atoms with Crippen LogP contribution in [-0.4, -0.2) is 17.5 Å². The first-order chi connectivity index (χ1) is 7.42. The second-order valence-electron chi connectivity index (χ2n) is 3.95. The Morgan fingerprint density at radius 1 is 1.19 bits per heavy atom. The number of para-hydroxylation sites is 1. The Morgan fingerprint density at radius 2 is 1.75 bits per heavy atom. The van der Waals surface area contributed by atoms with Gasteiger partial charge in [-0.25, -0.2) is 4.79 Å². The van der Waals surface area contributed by atoms with Crippen LogP contribution in [0, 0.1) is 0 Å². The Morgan fingerprint density at radius 3 is 2.25 bits per heavy atom. The molecular formula is C12H15NO3. The number of ketones is 1. The number of hydrogen-bond acceptors (Lipinski definition) is 3. The number of benzene rings is 1. The third-order valence-corrected chi connectivity index (χ3v) is 2.22. The highest BCUT2D eigenvalue weighted by Gasteiger charge is 2.28. The van der Waals surface area contributed by atoms with Crippen LogP contribution in [0.4, 0.5) is 10.5 Å². The summed E-state index contributed by atoms with van der Waals surface area (Å²) in [6.45, 7) is 4.50. The Bertz CT molecular complexity index is 385.